The van der Waals surface area contributed by atoms with E-state index in [1.54, 1.807) is 14.2 Å². The first-order chi connectivity index (χ1) is 9.40. The lowest BCUT2D eigenvalue weighted by Crippen LogP contribution is -2.36. The molecule has 0 bridgehead atoms. The lowest BCUT2D eigenvalue weighted by molar-refractivity contribution is -0.124. The van der Waals surface area contributed by atoms with Gasteiger partial charge in [-0.15, -0.1) is 0 Å². The number of rotatable bonds is 6. The zero-order valence-electron chi connectivity index (χ0n) is 13.2. The number of carbonyl (C=O) groups excluding carboxylic acids is 1. The third-order valence-corrected chi connectivity index (χ3v) is 3.15. The molecule has 112 valence electrons. The van der Waals surface area contributed by atoms with Gasteiger partial charge in [0.25, 0.3) is 0 Å². The summed E-state index contributed by atoms with van der Waals surface area (Å²) in [4.78, 5) is 12.4. The molecule has 1 aromatic rings. The summed E-state index contributed by atoms with van der Waals surface area (Å²) in [7, 11) is 3.20. The Kier molecular flexibility index (Phi) is 5.86. The first-order valence-electron chi connectivity index (χ1n) is 6.93. The molecule has 0 aromatic heterocycles. The van der Waals surface area contributed by atoms with Gasteiger partial charge in [0, 0.05) is 6.04 Å². The highest BCUT2D eigenvalue weighted by Crippen LogP contribution is 2.33. The van der Waals surface area contributed by atoms with E-state index in [9.17, 15) is 4.79 Å². The van der Waals surface area contributed by atoms with Crippen LogP contribution in [0.1, 0.15) is 39.2 Å². The van der Waals surface area contributed by atoms with Crippen LogP contribution in [0.4, 0.5) is 0 Å². The first kappa shape index (κ1) is 16.3. The largest absolute Gasteiger partial charge is 0.493 e. The number of carbonyl (C=O) groups is 1. The van der Waals surface area contributed by atoms with Crippen molar-refractivity contribution < 1.29 is 14.3 Å². The third-order valence-electron chi connectivity index (χ3n) is 3.15. The average molecular weight is 279 g/mol. The van der Waals surface area contributed by atoms with Crippen molar-refractivity contribution in [1.82, 2.24) is 5.32 Å². The predicted molar refractivity (Wildman–Crippen MR) is 80.4 cm³/mol. The Labute approximate surface area is 121 Å². The van der Waals surface area contributed by atoms with Crippen LogP contribution >= 0.6 is 0 Å². The fraction of sp³-hybridized carbons (Fsp3) is 0.562. The van der Waals surface area contributed by atoms with Crippen LogP contribution in [0.5, 0.6) is 11.5 Å². The van der Waals surface area contributed by atoms with Crippen molar-refractivity contribution >= 4 is 5.91 Å². The minimum atomic E-state index is -0.197. The maximum atomic E-state index is 12.4. The molecule has 0 heterocycles. The van der Waals surface area contributed by atoms with Crippen LogP contribution in [0.15, 0.2) is 18.2 Å². The summed E-state index contributed by atoms with van der Waals surface area (Å²) in [6.45, 7) is 8.01. The van der Waals surface area contributed by atoms with Gasteiger partial charge in [-0.3, -0.25) is 4.79 Å². The van der Waals surface area contributed by atoms with Gasteiger partial charge in [0.05, 0.1) is 20.1 Å². The van der Waals surface area contributed by atoms with Crippen LogP contribution in [0.2, 0.25) is 0 Å². The van der Waals surface area contributed by atoms with Crippen molar-refractivity contribution in [3.05, 3.63) is 23.8 Å². The minimum absolute atomic E-state index is 0.0437. The Bertz CT molecular complexity index is 455. The van der Waals surface area contributed by atoms with Crippen molar-refractivity contribution in [2.45, 2.75) is 39.7 Å². The van der Waals surface area contributed by atoms with Gasteiger partial charge in [-0.25, -0.2) is 0 Å². The maximum absolute atomic E-state index is 12.4. The van der Waals surface area contributed by atoms with Crippen LogP contribution in [0.3, 0.4) is 0 Å². The molecule has 1 atom stereocenters. The zero-order valence-corrected chi connectivity index (χ0v) is 13.2. The summed E-state index contributed by atoms with van der Waals surface area (Å²) < 4.78 is 10.5. The van der Waals surface area contributed by atoms with Crippen molar-refractivity contribution in [1.29, 1.82) is 0 Å². The highest BCUT2D eigenvalue weighted by Gasteiger charge is 2.25. The van der Waals surface area contributed by atoms with Crippen molar-refractivity contribution in [2.75, 3.05) is 14.2 Å². The molecule has 0 spiro atoms. The fourth-order valence-electron chi connectivity index (χ4n) is 2.26. The molecule has 1 unspecified atom stereocenters. The molecule has 1 aromatic carbocycles. The monoisotopic (exact) mass is 279 g/mol. The number of ether oxygens (including phenoxy) is 2. The number of nitrogens with one attached hydrogen (secondary N) is 1. The van der Waals surface area contributed by atoms with E-state index in [1.165, 1.54) is 0 Å². The Balaban J connectivity index is 3.12. The molecule has 1 N–H and O–H groups in total. The van der Waals surface area contributed by atoms with E-state index >= 15 is 0 Å². The molecular weight excluding hydrogens is 254 g/mol. The molecule has 0 aliphatic carbocycles. The molecule has 4 heteroatoms. The Morgan fingerprint density at radius 1 is 1.05 bits per heavy atom. The topological polar surface area (TPSA) is 47.6 Å². The average Bonchev–Trinajstić information content (AvgIpc) is 2.37. The first-order valence-corrected chi connectivity index (χ1v) is 6.93. The van der Waals surface area contributed by atoms with Crippen LogP contribution in [0.25, 0.3) is 0 Å². The SMILES string of the molecule is COc1ccc(C(C(=O)NC(C)C)C(C)C)cc1OC. The van der Waals surface area contributed by atoms with E-state index in [0.717, 1.165) is 5.56 Å². The van der Waals surface area contributed by atoms with Crippen LogP contribution in [-0.4, -0.2) is 26.2 Å². The minimum Gasteiger partial charge on any atom is -0.493 e. The summed E-state index contributed by atoms with van der Waals surface area (Å²) in [5.74, 6) is 1.36. The van der Waals surface area contributed by atoms with Gasteiger partial charge in [-0.05, 0) is 37.5 Å². The molecule has 0 radical (unpaired) electrons. The molecule has 1 amide bonds. The molecule has 0 aliphatic rings. The second-order valence-corrected chi connectivity index (χ2v) is 5.50. The van der Waals surface area contributed by atoms with Gasteiger partial charge in [0.15, 0.2) is 11.5 Å². The Hall–Kier alpha value is -1.71. The lowest BCUT2D eigenvalue weighted by Gasteiger charge is -2.23. The summed E-state index contributed by atoms with van der Waals surface area (Å²) >= 11 is 0. The molecule has 1 rings (SSSR count). The van der Waals surface area contributed by atoms with Gasteiger partial charge in [0.2, 0.25) is 5.91 Å². The number of hydrogen-bond acceptors (Lipinski definition) is 3. The van der Waals surface area contributed by atoms with E-state index in [4.69, 9.17) is 9.47 Å². The maximum Gasteiger partial charge on any atom is 0.228 e. The predicted octanol–water partition coefficient (Wildman–Crippen LogP) is 2.97. The van der Waals surface area contributed by atoms with E-state index < -0.39 is 0 Å². The summed E-state index contributed by atoms with van der Waals surface area (Å²) in [5.41, 5.74) is 0.941. The molecule has 0 saturated heterocycles. The molecule has 20 heavy (non-hydrogen) atoms. The molecule has 4 nitrogen and oxygen atoms in total. The van der Waals surface area contributed by atoms with E-state index in [1.807, 2.05) is 45.9 Å². The van der Waals surface area contributed by atoms with Crippen molar-refractivity contribution in [3.63, 3.8) is 0 Å². The van der Waals surface area contributed by atoms with Crippen LogP contribution in [0, 0.1) is 5.92 Å². The number of hydrogen-bond donors (Lipinski definition) is 1. The highest BCUT2D eigenvalue weighted by molar-refractivity contribution is 5.84. The zero-order chi connectivity index (χ0) is 15.3. The van der Waals surface area contributed by atoms with Crippen molar-refractivity contribution in [3.8, 4) is 11.5 Å². The smallest absolute Gasteiger partial charge is 0.228 e. The van der Waals surface area contributed by atoms with Crippen molar-refractivity contribution in [2.24, 2.45) is 5.92 Å². The van der Waals surface area contributed by atoms with E-state index in [2.05, 4.69) is 5.32 Å². The van der Waals surface area contributed by atoms with Crippen LogP contribution in [-0.2, 0) is 4.79 Å². The summed E-state index contributed by atoms with van der Waals surface area (Å²) in [5, 5.41) is 2.98. The number of amides is 1. The Morgan fingerprint density at radius 2 is 1.65 bits per heavy atom. The van der Waals surface area contributed by atoms with Gasteiger partial charge in [-0.2, -0.15) is 0 Å². The molecule has 0 saturated carbocycles. The molecule has 0 fully saturated rings. The Morgan fingerprint density at radius 3 is 2.10 bits per heavy atom. The molecular formula is C16H25NO3. The highest BCUT2D eigenvalue weighted by atomic mass is 16.5. The van der Waals surface area contributed by atoms with Gasteiger partial charge >= 0.3 is 0 Å². The van der Waals surface area contributed by atoms with E-state index in [-0.39, 0.29) is 23.8 Å². The van der Waals surface area contributed by atoms with Gasteiger partial charge < -0.3 is 14.8 Å². The summed E-state index contributed by atoms with van der Waals surface area (Å²) in [6, 6.07) is 5.77. The third kappa shape index (κ3) is 3.89. The number of methoxy groups -OCH3 is 2. The van der Waals surface area contributed by atoms with Gasteiger partial charge in [0.1, 0.15) is 0 Å². The lowest BCUT2D eigenvalue weighted by atomic mass is 9.87. The second-order valence-electron chi connectivity index (χ2n) is 5.50. The normalized spacial score (nSPS) is 12.4. The standard InChI is InChI=1S/C16H25NO3/c1-10(2)15(16(18)17-11(3)4)12-7-8-13(19-5)14(9-12)20-6/h7-11,15H,1-6H3,(H,17,18). The summed E-state index contributed by atoms with van der Waals surface area (Å²) in [6.07, 6.45) is 0. The fourth-order valence-corrected chi connectivity index (χ4v) is 2.26. The van der Waals surface area contributed by atoms with E-state index in [0.29, 0.717) is 11.5 Å². The molecule has 0 aliphatic heterocycles. The quantitative estimate of drug-likeness (QED) is 0.871. The number of benzene rings is 1. The van der Waals surface area contributed by atoms with Gasteiger partial charge in [-0.1, -0.05) is 19.9 Å². The van der Waals surface area contributed by atoms with Crippen LogP contribution < -0.4 is 14.8 Å². The second kappa shape index (κ2) is 7.17.